The fourth-order valence-electron chi connectivity index (χ4n) is 2.60. The fraction of sp³-hybridized carbons (Fsp3) is 0.211. The number of aromatic nitrogens is 2. The Kier molecular flexibility index (Phi) is 4.97. The minimum Gasteiger partial charge on any atom is -0.508 e. The summed E-state index contributed by atoms with van der Waals surface area (Å²) in [5.41, 5.74) is 9.54. The molecular formula is C19H20ClN3O2. The Hall–Kier alpha value is -2.50. The molecule has 1 atom stereocenters. The summed E-state index contributed by atoms with van der Waals surface area (Å²) in [6.07, 6.45) is 0.632. The van der Waals surface area contributed by atoms with Gasteiger partial charge in [-0.3, -0.25) is 0 Å². The fourth-order valence-corrected chi connectivity index (χ4v) is 2.80. The van der Waals surface area contributed by atoms with Crippen molar-refractivity contribution in [1.82, 2.24) is 9.78 Å². The van der Waals surface area contributed by atoms with Gasteiger partial charge in [-0.05, 0) is 42.8 Å². The number of methoxy groups -OCH3 is 1. The lowest BCUT2D eigenvalue weighted by atomic mass is 10.1. The molecule has 3 rings (SSSR count). The Labute approximate surface area is 151 Å². The monoisotopic (exact) mass is 357 g/mol. The first kappa shape index (κ1) is 17.3. The van der Waals surface area contributed by atoms with Gasteiger partial charge in [0, 0.05) is 24.2 Å². The van der Waals surface area contributed by atoms with Crippen LogP contribution in [-0.4, -0.2) is 22.0 Å². The standard InChI is InChI=1S/C19H20ClN3O2/c1-12(21)18-10-14(9-13-3-5-15(24)6-4-13)23(22-18)19-11-16(25-2)7-8-17(19)20/h3-8,10-12,24H,9,21H2,1-2H3. The van der Waals surface area contributed by atoms with Crippen LogP contribution in [0.15, 0.2) is 48.5 Å². The summed E-state index contributed by atoms with van der Waals surface area (Å²) in [7, 11) is 1.61. The molecule has 0 aliphatic rings. The largest absolute Gasteiger partial charge is 0.508 e. The van der Waals surface area contributed by atoms with E-state index in [2.05, 4.69) is 5.10 Å². The van der Waals surface area contributed by atoms with Crippen LogP contribution in [0.5, 0.6) is 11.5 Å². The van der Waals surface area contributed by atoms with E-state index in [4.69, 9.17) is 22.1 Å². The van der Waals surface area contributed by atoms with Crippen LogP contribution in [0.25, 0.3) is 5.69 Å². The molecule has 0 spiro atoms. The topological polar surface area (TPSA) is 73.3 Å². The number of hydrogen-bond acceptors (Lipinski definition) is 4. The predicted octanol–water partition coefficient (Wildman–Crippen LogP) is 3.85. The first-order valence-electron chi connectivity index (χ1n) is 7.94. The van der Waals surface area contributed by atoms with Gasteiger partial charge in [-0.2, -0.15) is 5.10 Å². The zero-order valence-corrected chi connectivity index (χ0v) is 14.9. The molecule has 0 amide bonds. The summed E-state index contributed by atoms with van der Waals surface area (Å²) < 4.78 is 7.11. The van der Waals surface area contributed by atoms with Crippen LogP contribution in [0, 0.1) is 0 Å². The Bertz CT molecular complexity index is 873. The lowest BCUT2D eigenvalue weighted by Gasteiger charge is -2.11. The number of ether oxygens (including phenoxy) is 1. The summed E-state index contributed by atoms with van der Waals surface area (Å²) in [5.74, 6) is 0.942. The minimum atomic E-state index is -0.191. The molecule has 5 nitrogen and oxygen atoms in total. The highest BCUT2D eigenvalue weighted by molar-refractivity contribution is 6.32. The van der Waals surface area contributed by atoms with Gasteiger partial charge < -0.3 is 15.6 Å². The molecule has 130 valence electrons. The van der Waals surface area contributed by atoms with Crippen LogP contribution in [0.3, 0.4) is 0 Å². The highest BCUT2D eigenvalue weighted by atomic mass is 35.5. The van der Waals surface area contributed by atoms with Crippen molar-refractivity contribution in [2.45, 2.75) is 19.4 Å². The number of rotatable bonds is 5. The number of aromatic hydroxyl groups is 1. The first-order valence-corrected chi connectivity index (χ1v) is 8.32. The molecule has 0 fully saturated rings. The van der Waals surface area contributed by atoms with E-state index in [9.17, 15) is 5.11 Å². The van der Waals surface area contributed by atoms with Crippen LogP contribution in [0.4, 0.5) is 0 Å². The van der Waals surface area contributed by atoms with Crippen LogP contribution < -0.4 is 10.5 Å². The molecule has 1 aromatic heterocycles. The number of hydrogen-bond donors (Lipinski definition) is 2. The van der Waals surface area contributed by atoms with Crippen molar-refractivity contribution in [2.24, 2.45) is 5.73 Å². The number of benzene rings is 2. The molecule has 3 N–H and O–H groups in total. The van der Waals surface area contributed by atoms with Crippen molar-refractivity contribution in [1.29, 1.82) is 0 Å². The number of phenols is 1. The third-order valence-corrected chi connectivity index (χ3v) is 4.29. The Morgan fingerprint density at radius 1 is 1.20 bits per heavy atom. The van der Waals surface area contributed by atoms with Crippen molar-refractivity contribution in [2.75, 3.05) is 7.11 Å². The Morgan fingerprint density at radius 3 is 2.56 bits per heavy atom. The molecule has 0 saturated heterocycles. The average Bonchev–Trinajstić information content (AvgIpc) is 3.01. The first-order chi connectivity index (χ1) is 12.0. The van der Waals surface area contributed by atoms with E-state index >= 15 is 0 Å². The number of nitrogens with zero attached hydrogens (tertiary/aromatic N) is 2. The van der Waals surface area contributed by atoms with Crippen LogP contribution in [0.1, 0.15) is 29.9 Å². The highest BCUT2D eigenvalue weighted by Crippen LogP contribution is 2.28. The number of nitrogens with two attached hydrogens (primary N) is 1. The van der Waals surface area contributed by atoms with Gasteiger partial charge in [0.25, 0.3) is 0 Å². The lowest BCUT2D eigenvalue weighted by Crippen LogP contribution is -2.08. The lowest BCUT2D eigenvalue weighted by molar-refractivity contribution is 0.414. The summed E-state index contributed by atoms with van der Waals surface area (Å²) >= 11 is 6.39. The molecule has 25 heavy (non-hydrogen) atoms. The van der Waals surface area contributed by atoms with Gasteiger partial charge in [-0.1, -0.05) is 23.7 Å². The Morgan fingerprint density at radius 2 is 1.92 bits per heavy atom. The SMILES string of the molecule is COc1ccc(Cl)c(-n2nc(C(C)N)cc2Cc2ccc(O)cc2)c1. The molecule has 0 saturated carbocycles. The maximum Gasteiger partial charge on any atom is 0.121 e. The molecular weight excluding hydrogens is 338 g/mol. The Balaban J connectivity index is 2.07. The summed E-state index contributed by atoms with van der Waals surface area (Å²) in [4.78, 5) is 0. The molecule has 0 aliphatic carbocycles. The van der Waals surface area contributed by atoms with Crippen molar-refractivity contribution >= 4 is 11.6 Å². The maximum absolute atomic E-state index is 9.46. The molecule has 3 aromatic rings. The van der Waals surface area contributed by atoms with Crippen LogP contribution in [-0.2, 0) is 6.42 Å². The minimum absolute atomic E-state index is 0.191. The van der Waals surface area contributed by atoms with Gasteiger partial charge in [0.05, 0.1) is 23.5 Å². The van der Waals surface area contributed by atoms with Gasteiger partial charge in [0.2, 0.25) is 0 Å². The van der Waals surface area contributed by atoms with E-state index in [1.54, 1.807) is 36.1 Å². The van der Waals surface area contributed by atoms with E-state index in [1.165, 1.54) is 0 Å². The molecule has 0 aliphatic heterocycles. The molecule has 0 radical (unpaired) electrons. The molecule has 1 heterocycles. The smallest absolute Gasteiger partial charge is 0.121 e. The van der Waals surface area contributed by atoms with E-state index < -0.39 is 0 Å². The average molecular weight is 358 g/mol. The van der Waals surface area contributed by atoms with Crippen molar-refractivity contribution in [3.63, 3.8) is 0 Å². The molecule has 6 heteroatoms. The second kappa shape index (κ2) is 7.17. The quantitative estimate of drug-likeness (QED) is 0.727. The zero-order chi connectivity index (χ0) is 18.0. The zero-order valence-electron chi connectivity index (χ0n) is 14.1. The summed E-state index contributed by atoms with van der Waals surface area (Å²) in [6, 6.07) is 14.3. The van der Waals surface area contributed by atoms with Crippen molar-refractivity contribution in [3.05, 3.63) is 70.5 Å². The van der Waals surface area contributed by atoms with Crippen LogP contribution in [0.2, 0.25) is 5.02 Å². The van der Waals surface area contributed by atoms with Gasteiger partial charge in [0.15, 0.2) is 0 Å². The molecule has 0 bridgehead atoms. The predicted molar refractivity (Wildman–Crippen MR) is 98.6 cm³/mol. The second-order valence-corrected chi connectivity index (χ2v) is 6.33. The third-order valence-electron chi connectivity index (χ3n) is 3.97. The second-order valence-electron chi connectivity index (χ2n) is 5.92. The van der Waals surface area contributed by atoms with E-state index in [1.807, 2.05) is 31.2 Å². The van der Waals surface area contributed by atoms with Crippen molar-refractivity contribution < 1.29 is 9.84 Å². The summed E-state index contributed by atoms with van der Waals surface area (Å²) in [5, 5.41) is 14.7. The van der Waals surface area contributed by atoms with Gasteiger partial charge >= 0.3 is 0 Å². The van der Waals surface area contributed by atoms with Crippen molar-refractivity contribution in [3.8, 4) is 17.2 Å². The van der Waals surface area contributed by atoms with Gasteiger partial charge in [-0.15, -0.1) is 0 Å². The number of halogens is 1. The normalized spacial score (nSPS) is 12.2. The molecule has 1 unspecified atom stereocenters. The van der Waals surface area contributed by atoms with E-state index in [-0.39, 0.29) is 11.8 Å². The van der Waals surface area contributed by atoms with Gasteiger partial charge in [-0.25, -0.2) is 4.68 Å². The van der Waals surface area contributed by atoms with E-state index in [0.717, 1.165) is 22.6 Å². The van der Waals surface area contributed by atoms with E-state index in [0.29, 0.717) is 17.2 Å². The van der Waals surface area contributed by atoms with Crippen LogP contribution >= 0.6 is 11.6 Å². The third kappa shape index (κ3) is 3.78. The molecule has 2 aromatic carbocycles. The summed E-state index contributed by atoms with van der Waals surface area (Å²) in [6.45, 7) is 1.89. The van der Waals surface area contributed by atoms with Gasteiger partial charge in [0.1, 0.15) is 11.5 Å². The number of phenolic OH excluding ortho intramolecular Hbond substituents is 1. The highest BCUT2D eigenvalue weighted by Gasteiger charge is 2.15. The maximum atomic E-state index is 9.46.